The quantitative estimate of drug-likeness (QED) is 0.841. The standard InChI is InChI=1S/C15H25N5/c1-5-12-10-13(20(7-3)18-12)11-14(16-6-2)15-8-9-17-19(15)4/h8-10,14,16H,5-7,11H2,1-4H3. The summed E-state index contributed by atoms with van der Waals surface area (Å²) in [6.45, 7) is 8.28. The third-order valence-corrected chi connectivity index (χ3v) is 3.66. The van der Waals surface area contributed by atoms with Gasteiger partial charge >= 0.3 is 0 Å². The SMILES string of the molecule is CCNC(Cc1cc(CC)nn1CC)c1ccnn1C. The minimum Gasteiger partial charge on any atom is -0.309 e. The molecule has 0 saturated carbocycles. The molecule has 0 aliphatic rings. The fourth-order valence-corrected chi connectivity index (χ4v) is 2.59. The second-order valence-corrected chi connectivity index (χ2v) is 4.99. The van der Waals surface area contributed by atoms with Crippen LogP contribution >= 0.6 is 0 Å². The molecule has 1 atom stereocenters. The van der Waals surface area contributed by atoms with Gasteiger partial charge in [-0.25, -0.2) is 0 Å². The Hall–Kier alpha value is -1.62. The number of nitrogens with one attached hydrogen (secondary N) is 1. The molecule has 2 rings (SSSR count). The van der Waals surface area contributed by atoms with Gasteiger partial charge in [-0.05, 0) is 32.0 Å². The molecule has 2 heterocycles. The van der Waals surface area contributed by atoms with E-state index in [0.717, 1.165) is 25.9 Å². The van der Waals surface area contributed by atoms with E-state index in [1.165, 1.54) is 17.1 Å². The lowest BCUT2D eigenvalue weighted by Crippen LogP contribution is -2.26. The molecule has 0 saturated heterocycles. The van der Waals surface area contributed by atoms with Gasteiger partial charge in [0.1, 0.15) is 0 Å². The molecule has 110 valence electrons. The van der Waals surface area contributed by atoms with Crippen molar-refractivity contribution in [3.63, 3.8) is 0 Å². The molecule has 2 aromatic rings. The van der Waals surface area contributed by atoms with Crippen LogP contribution in [0.3, 0.4) is 0 Å². The monoisotopic (exact) mass is 275 g/mol. The number of hydrogen-bond donors (Lipinski definition) is 1. The van der Waals surface area contributed by atoms with E-state index in [4.69, 9.17) is 0 Å². The van der Waals surface area contributed by atoms with Gasteiger partial charge in [-0.3, -0.25) is 9.36 Å². The first-order chi connectivity index (χ1) is 9.69. The van der Waals surface area contributed by atoms with Crippen LogP contribution in [0.15, 0.2) is 18.3 Å². The second-order valence-electron chi connectivity index (χ2n) is 4.99. The minimum atomic E-state index is 0.277. The zero-order valence-corrected chi connectivity index (χ0v) is 12.9. The molecule has 0 radical (unpaired) electrons. The van der Waals surface area contributed by atoms with E-state index in [1.807, 2.05) is 17.9 Å². The fraction of sp³-hybridized carbons (Fsp3) is 0.600. The van der Waals surface area contributed by atoms with Crippen molar-refractivity contribution in [2.24, 2.45) is 7.05 Å². The lowest BCUT2D eigenvalue weighted by Gasteiger charge is -2.18. The van der Waals surface area contributed by atoms with E-state index >= 15 is 0 Å². The highest BCUT2D eigenvalue weighted by atomic mass is 15.3. The van der Waals surface area contributed by atoms with Gasteiger partial charge in [0, 0.05) is 31.9 Å². The predicted octanol–water partition coefficient (Wildman–Crippen LogP) is 2.09. The topological polar surface area (TPSA) is 47.7 Å². The largest absolute Gasteiger partial charge is 0.309 e. The average molecular weight is 275 g/mol. The number of hydrogen-bond acceptors (Lipinski definition) is 3. The maximum Gasteiger partial charge on any atom is 0.0624 e. The van der Waals surface area contributed by atoms with Crippen LogP contribution in [0.2, 0.25) is 0 Å². The summed E-state index contributed by atoms with van der Waals surface area (Å²) in [7, 11) is 1.99. The molecular formula is C15H25N5. The summed E-state index contributed by atoms with van der Waals surface area (Å²) in [6, 6.07) is 4.59. The predicted molar refractivity (Wildman–Crippen MR) is 80.6 cm³/mol. The summed E-state index contributed by atoms with van der Waals surface area (Å²) in [6.07, 6.45) is 3.78. The van der Waals surface area contributed by atoms with Gasteiger partial charge in [0.2, 0.25) is 0 Å². The van der Waals surface area contributed by atoms with Crippen LogP contribution in [0.1, 0.15) is 43.9 Å². The van der Waals surface area contributed by atoms with Gasteiger partial charge in [0.25, 0.3) is 0 Å². The molecule has 5 nitrogen and oxygen atoms in total. The van der Waals surface area contributed by atoms with Crippen molar-refractivity contribution >= 4 is 0 Å². The Morgan fingerprint density at radius 2 is 2.10 bits per heavy atom. The van der Waals surface area contributed by atoms with E-state index in [-0.39, 0.29) is 6.04 Å². The molecule has 0 spiro atoms. The van der Waals surface area contributed by atoms with Gasteiger partial charge < -0.3 is 5.32 Å². The number of aromatic nitrogens is 4. The Bertz CT molecular complexity index is 540. The van der Waals surface area contributed by atoms with Crippen molar-refractivity contribution in [1.29, 1.82) is 0 Å². The molecule has 20 heavy (non-hydrogen) atoms. The summed E-state index contributed by atoms with van der Waals surface area (Å²) < 4.78 is 4.06. The summed E-state index contributed by atoms with van der Waals surface area (Å²) in [5, 5.41) is 12.5. The third kappa shape index (κ3) is 3.10. The molecule has 0 aromatic carbocycles. The minimum absolute atomic E-state index is 0.277. The Morgan fingerprint density at radius 3 is 2.65 bits per heavy atom. The van der Waals surface area contributed by atoms with E-state index in [9.17, 15) is 0 Å². The molecule has 0 fully saturated rings. The van der Waals surface area contributed by atoms with Gasteiger partial charge in [0.05, 0.1) is 17.4 Å². The number of aryl methyl sites for hydroxylation is 3. The van der Waals surface area contributed by atoms with Crippen molar-refractivity contribution in [1.82, 2.24) is 24.9 Å². The van der Waals surface area contributed by atoms with Gasteiger partial charge in [-0.15, -0.1) is 0 Å². The third-order valence-electron chi connectivity index (χ3n) is 3.66. The molecule has 2 aromatic heterocycles. The van der Waals surface area contributed by atoms with Gasteiger partial charge in [-0.1, -0.05) is 13.8 Å². The number of likely N-dealkylation sites (N-methyl/N-ethyl adjacent to an activating group) is 1. The maximum absolute atomic E-state index is 4.63. The molecule has 0 aliphatic carbocycles. The maximum atomic E-state index is 4.63. The van der Waals surface area contributed by atoms with Crippen LogP contribution in [0, 0.1) is 0 Å². The van der Waals surface area contributed by atoms with Gasteiger partial charge in [0.15, 0.2) is 0 Å². The first-order valence-electron chi connectivity index (χ1n) is 7.46. The molecule has 0 aliphatic heterocycles. The van der Waals surface area contributed by atoms with Crippen molar-refractivity contribution < 1.29 is 0 Å². The number of nitrogens with zero attached hydrogens (tertiary/aromatic N) is 4. The highest BCUT2D eigenvalue weighted by Crippen LogP contribution is 2.19. The first-order valence-corrected chi connectivity index (χ1v) is 7.46. The Balaban J connectivity index is 2.24. The van der Waals surface area contributed by atoms with E-state index in [2.05, 4.69) is 53.1 Å². The Kier molecular flexibility index (Phi) is 4.95. The Labute approximate surface area is 121 Å². The van der Waals surface area contributed by atoms with Crippen LogP contribution in [0.5, 0.6) is 0 Å². The highest BCUT2D eigenvalue weighted by Gasteiger charge is 2.17. The Morgan fingerprint density at radius 1 is 1.30 bits per heavy atom. The average Bonchev–Trinajstić information content (AvgIpc) is 3.04. The van der Waals surface area contributed by atoms with Crippen LogP contribution in [-0.4, -0.2) is 26.1 Å². The normalized spacial score (nSPS) is 12.8. The molecule has 1 N–H and O–H groups in total. The number of rotatable bonds is 7. The van der Waals surface area contributed by atoms with E-state index in [1.54, 1.807) is 0 Å². The van der Waals surface area contributed by atoms with E-state index in [0.29, 0.717) is 0 Å². The zero-order chi connectivity index (χ0) is 14.5. The van der Waals surface area contributed by atoms with Crippen molar-refractivity contribution in [3.8, 4) is 0 Å². The summed E-state index contributed by atoms with van der Waals surface area (Å²) in [5.74, 6) is 0. The van der Waals surface area contributed by atoms with Crippen LogP contribution in [0.4, 0.5) is 0 Å². The lowest BCUT2D eigenvalue weighted by molar-refractivity contribution is 0.486. The molecule has 0 bridgehead atoms. The van der Waals surface area contributed by atoms with Crippen LogP contribution < -0.4 is 5.32 Å². The van der Waals surface area contributed by atoms with Crippen molar-refractivity contribution in [2.75, 3.05) is 6.54 Å². The molecule has 5 heteroatoms. The van der Waals surface area contributed by atoms with E-state index < -0.39 is 0 Å². The first kappa shape index (κ1) is 14.8. The lowest BCUT2D eigenvalue weighted by atomic mass is 10.1. The smallest absolute Gasteiger partial charge is 0.0624 e. The van der Waals surface area contributed by atoms with Gasteiger partial charge in [-0.2, -0.15) is 10.2 Å². The summed E-state index contributed by atoms with van der Waals surface area (Å²) in [4.78, 5) is 0. The van der Waals surface area contributed by atoms with Crippen molar-refractivity contribution in [3.05, 3.63) is 35.4 Å². The summed E-state index contributed by atoms with van der Waals surface area (Å²) >= 11 is 0. The van der Waals surface area contributed by atoms with Crippen molar-refractivity contribution in [2.45, 2.75) is 46.2 Å². The zero-order valence-electron chi connectivity index (χ0n) is 12.9. The molecule has 0 amide bonds. The van der Waals surface area contributed by atoms with Crippen LogP contribution in [-0.2, 0) is 26.4 Å². The van der Waals surface area contributed by atoms with Crippen LogP contribution in [0.25, 0.3) is 0 Å². The highest BCUT2D eigenvalue weighted by molar-refractivity contribution is 5.16. The molecular weight excluding hydrogens is 250 g/mol. The fourth-order valence-electron chi connectivity index (χ4n) is 2.59. The second kappa shape index (κ2) is 6.70. The molecule has 1 unspecified atom stereocenters. The summed E-state index contributed by atoms with van der Waals surface area (Å²) in [5.41, 5.74) is 3.67.